The lowest BCUT2D eigenvalue weighted by Gasteiger charge is -2.23. The fourth-order valence-electron chi connectivity index (χ4n) is 3.17. The van der Waals surface area contributed by atoms with Crippen molar-refractivity contribution in [3.8, 4) is 0 Å². The maximum absolute atomic E-state index is 13.3. The van der Waals surface area contributed by atoms with Crippen LogP contribution in [-0.4, -0.2) is 35.1 Å². The van der Waals surface area contributed by atoms with Crippen LogP contribution in [0, 0.1) is 10.1 Å². The van der Waals surface area contributed by atoms with E-state index >= 15 is 0 Å². The van der Waals surface area contributed by atoms with Gasteiger partial charge < -0.3 is 4.74 Å². The molecule has 7 nitrogen and oxygen atoms in total. The van der Waals surface area contributed by atoms with Crippen LogP contribution in [0.15, 0.2) is 48.5 Å². The summed E-state index contributed by atoms with van der Waals surface area (Å²) in [7, 11) is 0. The number of anilines is 1. The molecule has 1 aliphatic heterocycles. The number of carbonyl (C=O) groups is 1. The molecule has 1 unspecified atom stereocenters. The summed E-state index contributed by atoms with van der Waals surface area (Å²) in [6.45, 7) is 0.989. The minimum Gasteiger partial charge on any atom is -0.376 e. The van der Waals surface area contributed by atoms with E-state index in [2.05, 4.69) is 4.98 Å². The van der Waals surface area contributed by atoms with E-state index in [1.807, 2.05) is 24.3 Å². The second-order valence-corrected chi connectivity index (χ2v) is 7.30. The lowest BCUT2D eigenvalue weighted by Crippen LogP contribution is -2.37. The van der Waals surface area contributed by atoms with Gasteiger partial charge >= 0.3 is 0 Å². The van der Waals surface area contributed by atoms with Crippen LogP contribution in [-0.2, 0) is 4.74 Å². The SMILES string of the molecule is O=C(c1ccccc1[N+](=O)[O-])N(CC1CCCO1)c1nc2ccccc2s1. The Kier molecular flexibility index (Phi) is 4.83. The largest absolute Gasteiger partial charge is 0.376 e. The van der Waals surface area contributed by atoms with Crippen molar-refractivity contribution in [3.05, 3.63) is 64.2 Å². The first kappa shape index (κ1) is 17.6. The Bertz CT molecular complexity index is 964. The van der Waals surface area contributed by atoms with Gasteiger partial charge in [0.25, 0.3) is 11.6 Å². The highest BCUT2D eigenvalue weighted by atomic mass is 32.1. The third kappa shape index (κ3) is 3.54. The van der Waals surface area contributed by atoms with Gasteiger partial charge in [0, 0.05) is 12.7 Å². The first-order valence-electron chi connectivity index (χ1n) is 8.66. The number of amides is 1. The number of aromatic nitrogens is 1. The topological polar surface area (TPSA) is 85.6 Å². The minimum absolute atomic E-state index is 0.0553. The van der Waals surface area contributed by atoms with E-state index in [0.29, 0.717) is 18.3 Å². The number of nitrogens with zero attached hydrogens (tertiary/aromatic N) is 3. The van der Waals surface area contributed by atoms with Crippen LogP contribution in [0.4, 0.5) is 10.8 Å². The number of nitro benzene ring substituents is 1. The number of hydrogen-bond donors (Lipinski definition) is 0. The van der Waals surface area contributed by atoms with Gasteiger partial charge in [-0.15, -0.1) is 0 Å². The van der Waals surface area contributed by atoms with E-state index in [-0.39, 0.29) is 17.4 Å². The summed E-state index contributed by atoms with van der Waals surface area (Å²) in [5.41, 5.74) is 0.644. The molecule has 1 aliphatic rings. The number of ether oxygens (including phenoxy) is 1. The number of fused-ring (bicyclic) bond motifs is 1. The molecule has 1 fully saturated rings. The molecule has 1 saturated heterocycles. The third-order valence-electron chi connectivity index (χ3n) is 4.50. The van der Waals surface area contributed by atoms with Crippen molar-refractivity contribution in [3.63, 3.8) is 0 Å². The van der Waals surface area contributed by atoms with E-state index in [0.717, 1.165) is 23.1 Å². The number of nitro groups is 1. The predicted octanol–water partition coefficient (Wildman–Crippen LogP) is 4.03. The smallest absolute Gasteiger partial charge is 0.282 e. The summed E-state index contributed by atoms with van der Waals surface area (Å²) in [6, 6.07) is 13.6. The van der Waals surface area contributed by atoms with Gasteiger partial charge in [-0.25, -0.2) is 4.98 Å². The van der Waals surface area contributed by atoms with E-state index < -0.39 is 10.8 Å². The lowest BCUT2D eigenvalue weighted by atomic mass is 10.1. The second kappa shape index (κ2) is 7.42. The summed E-state index contributed by atoms with van der Waals surface area (Å²) >= 11 is 1.39. The number of carbonyl (C=O) groups excluding carboxylic acids is 1. The van der Waals surface area contributed by atoms with E-state index in [4.69, 9.17) is 4.74 Å². The molecule has 2 heterocycles. The summed E-state index contributed by atoms with van der Waals surface area (Å²) in [6.07, 6.45) is 1.70. The zero-order valence-electron chi connectivity index (χ0n) is 14.4. The first-order valence-corrected chi connectivity index (χ1v) is 9.47. The van der Waals surface area contributed by atoms with Crippen molar-refractivity contribution >= 4 is 38.3 Å². The number of benzene rings is 2. The van der Waals surface area contributed by atoms with Gasteiger partial charge in [0.1, 0.15) is 5.56 Å². The Hall–Kier alpha value is -2.84. The van der Waals surface area contributed by atoms with Gasteiger partial charge in [0.05, 0.1) is 27.8 Å². The number of para-hydroxylation sites is 2. The Morgan fingerprint density at radius 2 is 2.04 bits per heavy atom. The van der Waals surface area contributed by atoms with Gasteiger partial charge in [0.2, 0.25) is 0 Å². The molecule has 0 saturated carbocycles. The molecule has 0 N–H and O–H groups in total. The van der Waals surface area contributed by atoms with E-state index in [1.54, 1.807) is 12.1 Å². The molecule has 0 radical (unpaired) electrons. The summed E-state index contributed by atoms with van der Waals surface area (Å²) in [4.78, 5) is 30.2. The number of hydrogen-bond acceptors (Lipinski definition) is 6. The zero-order chi connectivity index (χ0) is 18.8. The minimum atomic E-state index is -0.532. The highest BCUT2D eigenvalue weighted by Gasteiger charge is 2.30. The lowest BCUT2D eigenvalue weighted by molar-refractivity contribution is -0.385. The maximum Gasteiger partial charge on any atom is 0.282 e. The Balaban J connectivity index is 1.75. The highest BCUT2D eigenvalue weighted by molar-refractivity contribution is 7.22. The molecular weight excluding hydrogens is 366 g/mol. The third-order valence-corrected chi connectivity index (χ3v) is 5.56. The van der Waals surface area contributed by atoms with Crippen LogP contribution in [0.2, 0.25) is 0 Å². The highest BCUT2D eigenvalue weighted by Crippen LogP contribution is 2.32. The summed E-state index contributed by atoms with van der Waals surface area (Å²) in [5.74, 6) is -0.433. The molecule has 3 aromatic rings. The van der Waals surface area contributed by atoms with E-state index in [9.17, 15) is 14.9 Å². The fraction of sp³-hybridized carbons (Fsp3) is 0.263. The quantitative estimate of drug-likeness (QED) is 0.490. The van der Waals surface area contributed by atoms with Crippen molar-refractivity contribution in [1.29, 1.82) is 0 Å². The van der Waals surface area contributed by atoms with Gasteiger partial charge in [0.15, 0.2) is 5.13 Å². The summed E-state index contributed by atoms with van der Waals surface area (Å²) in [5, 5.41) is 11.9. The average Bonchev–Trinajstić information content (AvgIpc) is 3.34. The average molecular weight is 383 g/mol. The van der Waals surface area contributed by atoms with Crippen molar-refractivity contribution in [2.45, 2.75) is 18.9 Å². The van der Waals surface area contributed by atoms with Gasteiger partial charge in [-0.3, -0.25) is 19.8 Å². The van der Waals surface area contributed by atoms with Gasteiger partial charge in [-0.2, -0.15) is 0 Å². The predicted molar refractivity (Wildman–Crippen MR) is 103 cm³/mol. The fourth-order valence-corrected chi connectivity index (χ4v) is 4.15. The van der Waals surface area contributed by atoms with E-state index in [1.165, 1.54) is 28.4 Å². The molecule has 1 aromatic heterocycles. The van der Waals surface area contributed by atoms with Crippen molar-refractivity contribution in [1.82, 2.24) is 4.98 Å². The Morgan fingerprint density at radius 1 is 1.26 bits per heavy atom. The number of rotatable bonds is 5. The van der Waals surface area contributed by atoms with Crippen LogP contribution >= 0.6 is 11.3 Å². The molecule has 0 spiro atoms. The number of thiazole rings is 1. The van der Waals surface area contributed by atoms with Gasteiger partial charge in [-0.1, -0.05) is 35.6 Å². The van der Waals surface area contributed by atoms with Crippen molar-refractivity contribution < 1.29 is 14.5 Å². The Labute approximate surface area is 159 Å². The molecule has 1 amide bonds. The first-order chi connectivity index (χ1) is 13.1. The van der Waals surface area contributed by atoms with Crippen LogP contribution in [0.3, 0.4) is 0 Å². The standard InChI is InChI=1S/C19H17N3O4S/c23-18(14-7-1-3-9-16(14)22(24)25)21(12-13-6-5-11-26-13)19-20-15-8-2-4-10-17(15)27-19/h1-4,7-10,13H,5-6,11-12H2. The zero-order valence-corrected chi connectivity index (χ0v) is 15.2. The molecule has 0 bridgehead atoms. The monoisotopic (exact) mass is 383 g/mol. The molecule has 0 aliphatic carbocycles. The molecule has 2 aromatic carbocycles. The molecule has 4 rings (SSSR count). The van der Waals surface area contributed by atoms with Crippen LogP contribution in [0.5, 0.6) is 0 Å². The van der Waals surface area contributed by atoms with Crippen LogP contribution in [0.1, 0.15) is 23.2 Å². The van der Waals surface area contributed by atoms with Gasteiger partial charge in [-0.05, 0) is 31.0 Å². The van der Waals surface area contributed by atoms with Crippen LogP contribution < -0.4 is 4.90 Å². The normalized spacial score (nSPS) is 16.5. The molecule has 1 atom stereocenters. The molecular formula is C19H17N3O4S. The van der Waals surface area contributed by atoms with Crippen LogP contribution in [0.25, 0.3) is 10.2 Å². The van der Waals surface area contributed by atoms with Crippen molar-refractivity contribution in [2.75, 3.05) is 18.1 Å². The molecule has 27 heavy (non-hydrogen) atoms. The molecule has 138 valence electrons. The second-order valence-electron chi connectivity index (χ2n) is 6.29. The maximum atomic E-state index is 13.3. The van der Waals surface area contributed by atoms with Crippen molar-refractivity contribution in [2.24, 2.45) is 0 Å². The Morgan fingerprint density at radius 3 is 2.78 bits per heavy atom. The summed E-state index contributed by atoms with van der Waals surface area (Å²) < 4.78 is 6.65. The molecule has 8 heteroatoms.